The summed E-state index contributed by atoms with van der Waals surface area (Å²) < 4.78 is 26.7. The second-order valence-corrected chi connectivity index (χ2v) is 7.02. The van der Waals surface area contributed by atoms with Crippen molar-refractivity contribution in [1.82, 2.24) is 0 Å². The van der Waals surface area contributed by atoms with Crippen LogP contribution >= 0.6 is 0 Å². The Bertz CT molecular complexity index is 1340. The molecular formula is C28H16F2O2. The highest BCUT2D eigenvalue weighted by molar-refractivity contribution is 6.20. The first kappa shape index (κ1) is 20.9. The molecule has 0 aliphatic carbocycles. The molecule has 4 heteroatoms. The van der Waals surface area contributed by atoms with Crippen LogP contribution in [0.2, 0.25) is 0 Å². The van der Waals surface area contributed by atoms with Gasteiger partial charge >= 0.3 is 0 Å². The Morgan fingerprint density at radius 1 is 0.562 bits per heavy atom. The molecule has 154 valence electrons. The molecule has 0 heterocycles. The van der Waals surface area contributed by atoms with Gasteiger partial charge in [0.15, 0.2) is 11.6 Å². The maximum Gasteiger partial charge on any atom is 0.195 e. The van der Waals surface area contributed by atoms with Crippen molar-refractivity contribution in [3.05, 3.63) is 142 Å². The Kier molecular flexibility index (Phi) is 6.00. The molecule has 0 saturated carbocycles. The third-order valence-corrected chi connectivity index (χ3v) is 4.86. The zero-order chi connectivity index (χ0) is 22.5. The van der Waals surface area contributed by atoms with E-state index in [0.717, 1.165) is 5.56 Å². The molecule has 0 bridgehead atoms. The van der Waals surface area contributed by atoms with Crippen LogP contribution < -0.4 is 0 Å². The van der Waals surface area contributed by atoms with Gasteiger partial charge in [0.05, 0.1) is 0 Å². The average Bonchev–Trinajstić information content (AvgIpc) is 2.83. The summed E-state index contributed by atoms with van der Waals surface area (Å²) in [5.41, 5.74) is 1.86. The minimum Gasteiger partial charge on any atom is -0.289 e. The second kappa shape index (κ2) is 9.20. The van der Waals surface area contributed by atoms with Gasteiger partial charge in [0.25, 0.3) is 0 Å². The van der Waals surface area contributed by atoms with Gasteiger partial charge in [-0.2, -0.15) is 0 Å². The first-order valence-corrected chi connectivity index (χ1v) is 9.83. The van der Waals surface area contributed by atoms with Crippen LogP contribution in [0.15, 0.2) is 97.1 Å². The van der Waals surface area contributed by atoms with Gasteiger partial charge in [-0.1, -0.05) is 42.2 Å². The summed E-state index contributed by atoms with van der Waals surface area (Å²) in [5, 5.41) is 0. The zero-order valence-corrected chi connectivity index (χ0v) is 16.8. The quantitative estimate of drug-likeness (QED) is 0.306. The molecule has 0 saturated heterocycles. The third kappa shape index (κ3) is 4.53. The van der Waals surface area contributed by atoms with E-state index in [2.05, 4.69) is 11.8 Å². The van der Waals surface area contributed by atoms with Gasteiger partial charge in [0, 0.05) is 33.4 Å². The van der Waals surface area contributed by atoms with E-state index in [-0.39, 0.29) is 22.3 Å². The van der Waals surface area contributed by atoms with Gasteiger partial charge in [-0.05, 0) is 66.7 Å². The van der Waals surface area contributed by atoms with Crippen molar-refractivity contribution in [2.45, 2.75) is 0 Å². The number of hydrogen-bond acceptors (Lipinski definition) is 2. The predicted octanol–water partition coefficient (Wildman–Crippen LogP) is 5.83. The summed E-state index contributed by atoms with van der Waals surface area (Å²) in [5.74, 6) is 4.18. The van der Waals surface area contributed by atoms with Crippen molar-refractivity contribution < 1.29 is 18.4 Å². The first-order chi connectivity index (χ1) is 15.5. The fourth-order valence-corrected chi connectivity index (χ4v) is 3.25. The van der Waals surface area contributed by atoms with E-state index in [0.29, 0.717) is 5.56 Å². The molecule has 0 spiro atoms. The van der Waals surface area contributed by atoms with Crippen LogP contribution in [-0.4, -0.2) is 11.6 Å². The van der Waals surface area contributed by atoms with Crippen LogP contribution in [0.25, 0.3) is 0 Å². The minimum absolute atomic E-state index is 0.122. The number of benzene rings is 4. The molecule has 0 fully saturated rings. The van der Waals surface area contributed by atoms with Gasteiger partial charge in [-0.3, -0.25) is 9.59 Å². The second-order valence-electron chi connectivity index (χ2n) is 7.02. The summed E-state index contributed by atoms with van der Waals surface area (Å²) in [6.07, 6.45) is 0. The van der Waals surface area contributed by atoms with E-state index in [4.69, 9.17) is 0 Å². The van der Waals surface area contributed by atoms with Crippen molar-refractivity contribution in [2.75, 3.05) is 0 Å². The smallest absolute Gasteiger partial charge is 0.195 e. The lowest BCUT2D eigenvalue weighted by Crippen LogP contribution is -2.13. The predicted molar refractivity (Wildman–Crippen MR) is 119 cm³/mol. The Labute approximate surface area is 184 Å². The van der Waals surface area contributed by atoms with Crippen molar-refractivity contribution in [1.29, 1.82) is 0 Å². The van der Waals surface area contributed by atoms with E-state index in [1.54, 1.807) is 12.1 Å². The SMILES string of the molecule is O=C(c1ccc(F)cc1)c1cccc(C#Cc2ccccc2)c1C(=O)c1ccc(F)cc1. The summed E-state index contributed by atoms with van der Waals surface area (Å²) in [4.78, 5) is 26.6. The van der Waals surface area contributed by atoms with E-state index in [1.807, 2.05) is 30.3 Å². The Morgan fingerprint density at radius 3 is 1.72 bits per heavy atom. The molecule has 0 unspecified atom stereocenters. The van der Waals surface area contributed by atoms with E-state index < -0.39 is 23.2 Å². The molecule has 0 aromatic heterocycles. The molecule has 2 nitrogen and oxygen atoms in total. The molecule has 4 aromatic carbocycles. The highest BCUT2D eigenvalue weighted by Gasteiger charge is 2.22. The Balaban J connectivity index is 1.87. The lowest BCUT2D eigenvalue weighted by molar-refractivity contribution is 0.100. The van der Waals surface area contributed by atoms with Crippen LogP contribution in [0.3, 0.4) is 0 Å². The zero-order valence-electron chi connectivity index (χ0n) is 16.8. The van der Waals surface area contributed by atoms with Crippen LogP contribution in [0.5, 0.6) is 0 Å². The summed E-state index contributed by atoms with van der Waals surface area (Å²) in [7, 11) is 0. The molecule has 32 heavy (non-hydrogen) atoms. The molecule has 4 rings (SSSR count). The van der Waals surface area contributed by atoms with Crippen molar-refractivity contribution in [3.8, 4) is 11.8 Å². The Hall–Kier alpha value is -4.36. The van der Waals surface area contributed by atoms with Crippen LogP contribution in [0.1, 0.15) is 43.0 Å². The molecule has 4 aromatic rings. The highest BCUT2D eigenvalue weighted by atomic mass is 19.1. The van der Waals surface area contributed by atoms with Crippen LogP contribution in [0, 0.1) is 23.5 Å². The normalized spacial score (nSPS) is 10.2. The summed E-state index contributed by atoms with van der Waals surface area (Å²) >= 11 is 0. The highest BCUT2D eigenvalue weighted by Crippen LogP contribution is 2.23. The van der Waals surface area contributed by atoms with Crippen molar-refractivity contribution in [3.63, 3.8) is 0 Å². The monoisotopic (exact) mass is 422 g/mol. The van der Waals surface area contributed by atoms with Crippen LogP contribution in [-0.2, 0) is 0 Å². The topological polar surface area (TPSA) is 34.1 Å². The van der Waals surface area contributed by atoms with Gasteiger partial charge in [0.2, 0.25) is 0 Å². The lowest BCUT2D eigenvalue weighted by Gasteiger charge is -2.11. The molecule has 0 aliphatic heterocycles. The van der Waals surface area contributed by atoms with Gasteiger partial charge in [0.1, 0.15) is 11.6 Å². The van der Waals surface area contributed by atoms with E-state index in [1.165, 1.54) is 54.6 Å². The largest absolute Gasteiger partial charge is 0.289 e. The molecule has 0 aliphatic rings. The minimum atomic E-state index is -0.471. The molecular weight excluding hydrogens is 406 g/mol. The van der Waals surface area contributed by atoms with E-state index in [9.17, 15) is 18.4 Å². The third-order valence-electron chi connectivity index (χ3n) is 4.86. The number of hydrogen-bond donors (Lipinski definition) is 0. The number of ketones is 2. The van der Waals surface area contributed by atoms with E-state index >= 15 is 0 Å². The van der Waals surface area contributed by atoms with Gasteiger partial charge in [-0.15, -0.1) is 0 Å². The fraction of sp³-hybridized carbons (Fsp3) is 0. The maximum absolute atomic E-state index is 13.4. The van der Waals surface area contributed by atoms with Crippen LogP contribution in [0.4, 0.5) is 8.78 Å². The number of carbonyl (C=O) groups is 2. The molecule has 0 amide bonds. The summed E-state index contributed by atoms with van der Waals surface area (Å²) in [6, 6.07) is 24.3. The molecule has 0 atom stereocenters. The van der Waals surface area contributed by atoms with Gasteiger partial charge in [-0.25, -0.2) is 8.78 Å². The Morgan fingerprint density at radius 2 is 1.12 bits per heavy atom. The molecule has 0 N–H and O–H groups in total. The lowest BCUT2D eigenvalue weighted by atomic mass is 9.89. The first-order valence-electron chi connectivity index (χ1n) is 9.83. The fourth-order valence-electron chi connectivity index (χ4n) is 3.25. The number of halogens is 2. The van der Waals surface area contributed by atoms with Crippen molar-refractivity contribution >= 4 is 11.6 Å². The number of rotatable bonds is 4. The van der Waals surface area contributed by atoms with Gasteiger partial charge < -0.3 is 0 Å². The average molecular weight is 422 g/mol. The summed E-state index contributed by atoms with van der Waals surface area (Å²) in [6.45, 7) is 0. The standard InChI is InChI=1S/C28H16F2O2/c29-23-15-11-21(12-16-23)27(31)25-8-4-7-20(10-9-19-5-2-1-3-6-19)26(25)28(32)22-13-17-24(30)18-14-22/h1-8,11-18H. The van der Waals surface area contributed by atoms with Crippen molar-refractivity contribution in [2.24, 2.45) is 0 Å². The maximum atomic E-state index is 13.4. The number of carbonyl (C=O) groups excluding carboxylic acids is 2. The molecule has 0 radical (unpaired) electrons.